The highest BCUT2D eigenvalue weighted by atomic mass is 16.1. The Morgan fingerprint density at radius 3 is 2.31 bits per heavy atom. The molecule has 0 heterocycles. The minimum atomic E-state index is 0.767. The maximum atomic E-state index is 10.7. The number of hydrogen-bond donors (Lipinski definition) is 0. The average Bonchev–Trinajstić information content (AvgIpc) is 2.58. The predicted octanol–water partition coefficient (Wildman–Crippen LogP) is 4.24. The molecule has 0 spiro atoms. The van der Waals surface area contributed by atoms with Crippen LogP contribution in [0.15, 0.2) is 29.8 Å². The summed E-state index contributed by atoms with van der Waals surface area (Å²) in [6.07, 6.45) is 11.0. The zero-order chi connectivity index (χ0) is 11.2. The van der Waals surface area contributed by atoms with Gasteiger partial charge < -0.3 is 0 Å². The van der Waals surface area contributed by atoms with Crippen molar-refractivity contribution in [3.05, 3.63) is 41.0 Å². The molecule has 0 amide bonds. The van der Waals surface area contributed by atoms with E-state index in [0.29, 0.717) is 0 Å². The van der Waals surface area contributed by atoms with Crippen LogP contribution < -0.4 is 0 Å². The first kappa shape index (κ1) is 11.1. The van der Waals surface area contributed by atoms with Gasteiger partial charge in [-0.15, -0.1) is 0 Å². The minimum Gasteiger partial charge on any atom is -0.298 e. The summed E-state index contributed by atoms with van der Waals surface area (Å²) in [4.78, 5) is 10.7. The molecule has 0 saturated heterocycles. The highest BCUT2D eigenvalue weighted by Crippen LogP contribution is 2.24. The first-order valence-electron chi connectivity index (χ1n) is 6.13. The van der Waals surface area contributed by atoms with E-state index in [1.807, 2.05) is 18.2 Å². The maximum absolute atomic E-state index is 10.7. The molecule has 0 bridgehead atoms. The van der Waals surface area contributed by atoms with Crippen LogP contribution in [0.2, 0.25) is 0 Å². The highest BCUT2D eigenvalue weighted by molar-refractivity contribution is 5.76. The van der Waals surface area contributed by atoms with Crippen molar-refractivity contribution in [2.75, 3.05) is 0 Å². The van der Waals surface area contributed by atoms with Crippen molar-refractivity contribution < 1.29 is 4.79 Å². The molecular formula is C15H18O. The van der Waals surface area contributed by atoms with Gasteiger partial charge in [-0.25, -0.2) is 0 Å². The Morgan fingerprint density at radius 2 is 1.62 bits per heavy atom. The normalized spacial score (nSPS) is 16.6. The molecule has 0 atom stereocenters. The third-order valence-electron chi connectivity index (χ3n) is 3.16. The van der Waals surface area contributed by atoms with Gasteiger partial charge in [0.05, 0.1) is 0 Å². The van der Waals surface area contributed by atoms with Crippen LogP contribution in [0.5, 0.6) is 0 Å². The summed E-state index contributed by atoms with van der Waals surface area (Å²) in [6, 6.07) is 7.84. The van der Waals surface area contributed by atoms with Gasteiger partial charge in [-0.3, -0.25) is 4.79 Å². The second kappa shape index (κ2) is 5.64. The smallest absolute Gasteiger partial charge is 0.150 e. The van der Waals surface area contributed by atoms with Crippen molar-refractivity contribution in [3.63, 3.8) is 0 Å². The van der Waals surface area contributed by atoms with E-state index in [0.717, 1.165) is 11.8 Å². The van der Waals surface area contributed by atoms with Crippen LogP contribution in [0.1, 0.15) is 54.4 Å². The van der Waals surface area contributed by atoms with E-state index in [9.17, 15) is 4.79 Å². The molecule has 1 fully saturated rings. The van der Waals surface area contributed by atoms with Crippen LogP contribution >= 0.6 is 0 Å². The molecule has 1 heteroatoms. The van der Waals surface area contributed by atoms with Crippen molar-refractivity contribution >= 4 is 12.4 Å². The third-order valence-corrected chi connectivity index (χ3v) is 3.16. The van der Waals surface area contributed by atoms with E-state index in [-0.39, 0.29) is 0 Å². The molecule has 1 saturated carbocycles. The Balaban J connectivity index is 2.16. The quantitative estimate of drug-likeness (QED) is 0.531. The van der Waals surface area contributed by atoms with E-state index in [2.05, 4.69) is 12.1 Å². The topological polar surface area (TPSA) is 17.1 Å². The molecule has 0 N–H and O–H groups in total. The van der Waals surface area contributed by atoms with E-state index in [1.165, 1.54) is 44.1 Å². The van der Waals surface area contributed by atoms with E-state index < -0.39 is 0 Å². The summed E-state index contributed by atoms with van der Waals surface area (Å²) < 4.78 is 0. The van der Waals surface area contributed by atoms with Crippen LogP contribution in [0.4, 0.5) is 0 Å². The Kier molecular flexibility index (Phi) is 3.92. The zero-order valence-corrected chi connectivity index (χ0v) is 9.61. The molecule has 84 valence electrons. The molecule has 0 aliphatic heterocycles. The standard InChI is InChI=1S/C15H18O/c16-12-15-9-5-8-14(11-15)10-13-6-3-1-2-4-7-13/h5,8-12H,1-4,6-7H2. The number of allylic oxidation sites excluding steroid dienone is 1. The molecule has 1 nitrogen and oxygen atoms in total. The van der Waals surface area contributed by atoms with Crippen molar-refractivity contribution in [3.8, 4) is 0 Å². The van der Waals surface area contributed by atoms with E-state index in [1.54, 1.807) is 5.57 Å². The molecule has 0 radical (unpaired) electrons. The summed E-state index contributed by atoms with van der Waals surface area (Å²) in [6.45, 7) is 0. The van der Waals surface area contributed by atoms with Crippen molar-refractivity contribution in [1.82, 2.24) is 0 Å². The molecule has 1 aromatic carbocycles. The first-order chi connectivity index (χ1) is 7.88. The summed E-state index contributed by atoms with van der Waals surface area (Å²) in [5.74, 6) is 0. The Hall–Kier alpha value is -1.37. The predicted molar refractivity (Wildman–Crippen MR) is 67.5 cm³/mol. The van der Waals surface area contributed by atoms with Gasteiger partial charge in [-0.05, 0) is 37.3 Å². The van der Waals surface area contributed by atoms with Crippen LogP contribution in [0.3, 0.4) is 0 Å². The SMILES string of the molecule is O=Cc1cccc(C=C2CCCCCC2)c1. The Bertz CT molecular complexity index is 380. The number of aldehydes is 1. The molecule has 1 aliphatic carbocycles. The fraction of sp³-hybridized carbons (Fsp3) is 0.400. The summed E-state index contributed by atoms with van der Waals surface area (Å²) >= 11 is 0. The number of hydrogen-bond acceptors (Lipinski definition) is 1. The van der Waals surface area contributed by atoms with Gasteiger partial charge in [0.25, 0.3) is 0 Å². The van der Waals surface area contributed by atoms with Gasteiger partial charge >= 0.3 is 0 Å². The fourth-order valence-electron chi connectivity index (χ4n) is 2.28. The lowest BCUT2D eigenvalue weighted by Gasteiger charge is -2.03. The maximum Gasteiger partial charge on any atom is 0.150 e. The van der Waals surface area contributed by atoms with Gasteiger partial charge in [0.1, 0.15) is 6.29 Å². The van der Waals surface area contributed by atoms with E-state index >= 15 is 0 Å². The summed E-state index contributed by atoms with van der Waals surface area (Å²) in [5, 5.41) is 0. The molecule has 16 heavy (non-hydrogen) atoms. The Morgan fingerprint density at radius 1 is 0.938 bits per heavy atom. The Labute approximate surface area is 97.2 Å². The molecule has 0 aromatic heterocycles. The molecule has 1 aliphatic rings. The molecule has 0 unspecified atom stereocenters. The lowest BCUT2D eigenvalue weighted by molar-refractivity contribution is 0.112. The van der Waals surface area contributed by atoms with Gasteiger partial charge in [0, 0.05) is 5.56 Å². The first-order valence-corrected chi connectivity index (χ1v) is 6.13. The van der Waals surface area contributed by atoms with Crippen LogP contribution in [0, 0.1) is 0 Å². The van der Waals surface area contributed by atoms with Crippen molar-refractivity contribution in [2.24, 2.45) is 0 Å². The van der Waals surface area contributed by atoms with Crippen LogP contribution in [-0.2, 0) is 0 Å². The molecule has 2 rings (SSSR count). The van der Waals surface area contributed by atoms with Gasteiger partial charge in [-0.1, -0.05) is 42.7 Å². The van der Waals surface area contributed by atoms with Gasteiger partial charge in [0.15, 0.2) is 0 Å². The van der Waals surface area contributed by atoms with Crippen molar-refractivity contribution in [1.29, 1.82) is 0 Å². The second-order valence-corrected chi connectivity index (χ2v) is 4.50. The number of benzene rings is 1. The van der Waals surface area contributed by atoms with Gasteiger partial charge in [0.2, 0.25) is 0 Å². The fourth-order valence-corrected chi connectivity index (χ4v) is 2.28. The lowest BCUT2D eigenvalue weighted by atomic mass is 10.0. The number of carbonyl (C=O) groups excluding carboxylic acids is 1. The summed E-state index contributed by atoms with van der Waals surface area (Å²) in [5.41, 5.74) is 3.48. The van der Waals surface area contributed by atoms with Crippen molar-refractivity contribution in [2.45, 2.75) is 38.5 Å². The van der Waals surface area contributed by atoms with Gasteiger partial charge in [-0.2, -0.15) is 0 Å². The monoisotopic (exact) mass is 214 g/mol. The largest absolute Gasteiger partial charge is 0.298 e. The average molecular weight is 214 g/mol. The van der Waals surface area contributed by atoms with E-state index in [4.69, 9.17) is 0 Å². The lowest BCUT2D eigenvalue weighted by Crippen LogP contribution is -1.84. The molecular weight excluding hydrogens is 196 g/mol. The number of carbonyl (C=O) groups is 1. The highest BCUT2D eigenvalue weighted by Gasteiger charge is 2.04. The minimum absolute atomic E-state index is 0.767. The second-order valence-electron chi connectivity index (χ2n) is 4.50. The van der Waals surface area contributed by atoms with Crippen LogP contribution in [0.25, 0.3) is 6.08 Å². The number of rotatable bonds is 2. The third kappa shape index (κ3) is 3.06. The zero-order valence-electron chi connectivity index (χ0n) is 9.61. The summed E-state index contributed by atoms with van der Waals surface area (Å²) in [7, 11) is 0. The molecule has 1 aromatic rings. The van der Waals surface area contributed by atoms with Crippen LogP contribution in [-0.4, -0.2) is 6.29 Å².